The van der Waals surface area contributed by atoms with Crippen LogP contribution < -0.4 is 4.90 Å². The Labute approximate surface area is 97.3 Å². The lowest BCUT2D eigenvalue weighted by molar-refractivity contribution is 1.20. The van der Waals surface area contributed by atoms with E-state index in [4.69, 9.17) is 0 Å². The molecule has 0 saturated carbocycles. The molecule has 0 heterocycles. The van der Waals surface area contributed by atoms with Gasteiger partial charge in [-0.3, -0.25) is 0 Å². The molecule has 1 heteroatoms. The summed E-state index contributed by atoms with van der Waals surface area (Å²) in [5.74, 6) is 0. The van der Waals surface area contributed by atoms with Gasteiger partial charge in [-0.1, -0.05) is 35.4 Å². The highest BCUT2D eigenvalue weighted by atomic mass is 15.1. The number of rotatable bonds is 2. The Morgan fingerprint density at radius 3 is 1.25 bits per heavy atom. The van der Waals surface area contributed by atoms with Crippen molar-refractivity contribution in [3.63, 3.8) is 0 Å². The van der Waals surface area contributed by atoms with E-state index in [2.05, 4.69) is 74.3 Å². The molecule has 0 amide bonds. The van der Waals surface area contributed by atoms with Crippen LogP contribution in [0, 0.1) is 13.8 Å². The maximum absolute atomic E-state index is 2.19. The average Bonchev–Trinajstić information content (AvgIpc) is 2.30. The first-order chi connectivity index (χ1) is 7.66. The predicted octanol–water partition coefficient (Wildman–Crippen LogP) is 4.07. The minimum Gasteiger partial charge on any atom is -0.345 e. The number of hydrogen-bond acceptors (Lipinski definition) is 1. The van der Waals surface area contributed by atoms with Gasteiger partial charge in [0, 0.05) is 18.4 Å². The fourth-order valence-corrected chi connectivity index (χ4v) is 1.69. The molecule has 0 unspecified atom stereocenters. The lowest BCUT2D eigenvalue weighted by Crippen LogP contribution is -2.08. The monoisotopic (exact) mass is 211 g/mol. The standard InChI is InChI=1S/C15H17N/c1-12-4-8-14(9-5-12)16(3)15-10-6-13(2)7-11-15/h4-11H,1-3H3. The molecule has 2 aromatic carbocycles. The molecule has 1 nitrogen and oxygen atoms in total. The molecule has 0 radical (unpaired) electrons. The third-order valence-electron chi connectivity index (χ3n) is 2.84. The molecule has 0 aliphatic carbocycles. The summed E-state index contributed by atoms with van der Waals surface area (Å²) in [4.78, 5) is 2.19. The van der Waals surface area contributed by atoms with E-state index in [1.54, 1.807) is 0 Å². The van der Waals surface area contributed by atoms with E-state index in [0.717, 1.165) is 0 Å². The maximum Gasteiger partial charge on any atom is 0.0408 e. The molecule has 0 atom stereocenters. The van der Waals surface area contributed by atoms with Crippen molar-refractivity contribution in [1.82, 2.24) is 0 Å². The number of aryl methyl sites for hydroxylation is 2. The van der Waals surface area contributed by atoms with Crippen LogP contribution in [0.3, 0.4) is 0 Å². The van der Waals surface area contributed by atoms with Crippen molar-refractivity contribution >= 4 is 11.4 Å². The molecule has 2 aromatic rings. The molecule has 0 N–H and O–H groups in total. The van der Waals surface area contributed by atoms with Gasteiger partial charge >= 0.3 is 0 Å². The SMILES string of the molecule is Cc1ccc(N(C)c2ccc(C)cc2)cc1. The van der Waals surface area contributed by atoms with Crippen molar-refractivity contribution in [2.24, 2.45) is 0 Å². The molecule has 0 bridgehead atoms. The van der Waals surface area contributed by atoms with E-state index in [1.165, 1.54) is 22.5 Å². The summed E-state index contributed by atoms with van der Waals surface area (Å²) >= 11 is 0. The van der Waals surface area contributed by atoms with Crippen LogP contribution >= 0.6 is 0 Å². The minimum absolute atomic E-state index is 1.22. The molecular formula is C15H17N. The van der Waals surface area contributed by atoms with Crippen LogP contribution in [0.15, 0.2) is 48.5 Å². The Balaban J connectivity index is 2.28. The maximum atomic E-state index is 2.19. The molecule has 82 valence electrons. The van der Waals surface area contributed by atoms with Gasteiger partial charge < -0.3 is 4.90 Å². The third kappa shape index (κ3) is 2.25. The van der Waals surface area contributed by atoms with Crippen LogP contribution in [-0.4, -0.2) is 7.05 Å². The van der Waals surface area contributed by atoms with E-state index in [1.807, 2.05) is 0 Å². The highest BCUT2D eigenvalue weighted by Gasteiger charge is 2.02. The van der Waals surface area contributed by atoms with Gasteiger partial charge in [0.2, 0.25) is 0 Å². The zero-order chi connectivity index (χ0) is 11.5. The van der Waals surface area contributed by atoms with Crippen molar-refractivity contribution in [3.05, 3.63) is 59.7 Å². The molecule has 0 aliphatic heterocycles. The number of hydrogen-bond donors (Lipinski definition) is 0. The van der Waals surface area contributed by atoms with Crippen molar-refractivity contribution in [1.29, 1.82) is 0 Å². The third-order valence-corrected chi connectivity index (χ3v) is 2.84. The summed E-state index contributed by atoms with van der Waals surface area (Å²) < 4.78 is 0. The Morgan fingerprint density at radius 1 is 0.625 bits per heavy atom. The average molecular weight is 211 g/mol. The number of anilines is 2. The van der Waals surface area contributed by atoms with Gasteiger partial charge in [0.05, 0.1) is 0 Å². The van der Waals surface area contributed by atoms with Gasteiger partial charge in [0.1, 0.15) is 0 Å². The molecular weight excluding hydrogens is 194 g/mol. The first-order valence-corrected chi connectivity index (χ1v) is 5.54. The second-order valence-electron chi connectivity index (χ2n) is 4.23. The van der Waals surface area contributed by atoms with Gasteiger partial charge in [-0.25, -0.2) is 0 Å². The first kappa shape index (κ1) is 10.7. The molecule has 16 heavy (non-hydrogen) atoms. The van der Waals surface area contributed by atoms with Gasteiger partial charge in [-0.15, -0.1) is 0 Å². The summed E-state index contributed by atoms with van der Waals surface area (Å²) in [6, 6.07) is 17.1. The van der Waals surface area contributed by atoms with Crippen molar-refractivity contribution < 1.29 is 0 Å². The smallest absolute Gasteiger partial charge is 0.0408 e. The summed E-state index contributed by atoms with van der Waals surface area (Å²) in [7, 11) is 2.09. The normalized spacial score (nSPS) is 10.2. The van der Waals surface area contributed by atoms with Crippen molar-refractivity contribution in [3.8, 4) is 0 Å². The van der Waals surface area contributed by atoms with Crippen LogP contribution in [0.1, 0.15) is 11.1 Å². The topological polar surface area (TPSA) is 3.24 Å². The molecule has 2 rings (SSSR count). The zero-order valence-electron chi connectivity index (χ0n) is 10.1. The van der Waals surface area contributed by atoms with Crippen LogP contribution in [0.25, 0.3) is 0 Å². The Hall–Kier alpha value is -1.76. The van der Waals surface area contributed by atoms with Crippen molar-refractivity contribution in [2.45, 2.75) is 13.8 Å². The van der Waals surface area contributed by atoms with Gasteiger partial charge in [0.15, 0.2) is 0 Å². The Kier molecular flexibility index (Phi) is 2.95. The molecule has 0 spiro atoms. The van der Waals surface area contributed by atoms with E-state index < -0.39 is 0 Å². The van der Waals surface area contributed by atoms with Gasteiger partial charge in [-0.05, 0) is 38.1 Å². The molecule has 0 saturated heterocycles. The summed E-state index contributed by atoms with van der Waals surface area (Å²) in [5, 5.41) is 0. The van der Waals surface area contributed by atoms with Crippen LogP contribution in [0.5, 0.6) is 0 Å². The second-order valence-corrected chi connectivity index (χ2v) is 4.23. The van der Waals surface area contributed by atoms with E-state index in [-0.39, 0.29) is 0 Å². The Morgan fingerprint density at radius 2 is 0.938 bits per heavy atom. The summed E-state index contributed by atoms with van der Waals surface area (Å²) in [6.07, 6.45) is 0. The Bertz CT molecular complexity index is 408. The highest BCUT2D eigenvalue weighted by molar-refractivity contribution is 5.62. The minimum atomic E-state index is 1.22. The zero-order valence-corrected chi connectivity index (χ0v) is 10.1. The molecule has 0 aromatic heterocycles. The van der Waals surface area contributed by atoms with Crippen LogP contribution in [0.2, 0.25) is 0 Å². The van der Waals surface area contributed by atoms with Crippen molar-refractivity contribution in [2.75, 3.05) is 11.9 Å². The molecule has 0 fully saturated rings. The first-order valence-electron chi connectivity index (χ1n) is 5.54. The van der Waals surface area contributed by atoms with E-state index in [9.17, 15) is 0 Å². The van der Waals surface area contributed by atoms with E-state index >= 15 is 0 Å². The quantitative estimate of drug-likeness (QED) is 0.723. The van der Waals surface area contributed by atoms with Gasteiger partial charge in [0.25, 0.3) is 0 Å². The van der Waals surface area contributed by atoms with Crippen LogP contribution in [-0.2, 0) is 0 Å². The van der Waals surface area contributed by atoms with E-state index in [0.29, 0.717) is 0 Å². The second kappa shape index (κ2) is 4.40. The highest BCUT2D eigenvalue weighted by Crippen LogP contribution is 2.23. The summed E-state index contributed by atoms with van der Waals surface area (Å²) in [5.41, 5.74) is 5.02. The van der Waals surface area contributed by atoms with Gasteiger partial charge in [-0.2, -0.15) is 0 Å². The fraction of sp³-hybridized carbons (Fsp3) is 0.200. The largest absolute Gasteiger partial charge is 0.345 e. The fourth-order valence-electron chi connectivity index (χ4n) is 1.69. The molecule has 0 aliphatic rings. The summed E-state index contributed by atoms with van der Waals surface area (Å²) in [6.45, 7) is 4.21. The predicted molar refractivity (Wildman–Crippen MR) is 70.4 cm³/mol. The lowest BCUT2D eigenvalue weighted by atomic mass is 10.2. The number of nitrogens with zero attached hydrogens (tertiary/aromatic N) is 1. The number of benzene rings is 2. The lowest BCUT2D eigenvalue weighted by Gasteiger charge is -2.19. The van der Waals surface area contributed by atoms with Crippen LogP contribution in [0.4, 0.5) is 11.4 Å².